The van der Waals surface area contributed by atoms with Crippen molar-refractivity contribution in [1.82, 2.24) is 9.97 Å². The van der Waals surface area contributed by atoms with Crippen molar-refractivity contribution in [2.45, 2.75) is 34.6 Å². The Balaban J connectivity index is 0. The lowest BCUT2D eigenvalue weighted by molar-refractivity contribution is 0.588. The SMILES string of the molecule is CC.CC.Cc1ncncc1P(C)(C)=O. The van der Waals surface area contributed by atoms with Crippen molar-refractivity contribution in [2.24, 2.45) is 0 Å². The minimum atomic E-state index is -2.18. The molecule has 0 amide bonds. The Morgan fingerprint density at radius 1 is 1.13 bits per heavy atom. The van der Waals surface area contributed by atoms with Gasteiger partial charge in [0.25, 0.3) is 0 Å². The van der Waals surface area contributed by atoms with Gasteiger partial charge in [0.05, 0.1) is 11.0 Å². The molecule has 4 heteroatoms. The number of hydrogen-bond donors (Lipinski definition) is 0. The van der Waals surface area contributed by atoms with Gasteiger partial charge in [-0.2, -0.15) is 0 Å². The molecular formula is C11H23N2OP. The van der Waals surface area contributed by atoms with E-state index in [1.807, 2.05) is 34.6 Å². The van der Waals surface area contributed by atoms with E-state index < -0.39 is 7.14 Å². The van der Waals surface area contributed by atoms with Gasteiger partial charge in [-0.25, -0.2) is 9.97 Å². The van der Waals surface area contributed by atoms with Crippen molar-refractivity contribution in [3.8, 4) is 0 Å². The Kier molecular flexibility index (Phi) is 9.60. The summed E-state index contributed by atoms with van der Waals surface area (Å²) in [5.74, 6) is 0. The summed E-state index contributed by atoms with van der Waals surface area (Å²) in [4.78, 5) is 7.79. The lowest BCUT2D eigenvalue weighted by atomic mass is 10.5. The summed E-state index contributed by atoms with van der Waals surface area (Å²) in [7, 11) is -2.18. The third-order valence-corrected chi connectivity index (χ3v) is 3.07. The van der Waals surface area contributed by atoms with E-state index in [2.05, 4.69) is 9.97 Å². The normalized spacial score (nSPS) is 9.27. The van der Waals surface area contributed by atoms with Crippen molar-refractivity contribution >= 4 is 12.4 Å². The molecule has 88 valence electrons. The molecular weight excluding hydrogens is 207 g/mol. The van der Waals surface area contributed by atoms with Gasteiger partial charge >= 0.3 is 0 Å². The molecule has 0 bridgehead atoms. The van der Waals surface area contributed by atoms with Crippen LogP contribution in [-0.4, -0.2) is 23.3 Å². The molecule has 0 aliphatic rings. The van der Waals surface area contributed by atoms with Crippen LogP contribution < -0.4 is 5.30 Å². The van der Waals surface area contributed by atoms with Crippen LogP contribution in [0.5, 0.6) is 0 Å². The van der Waals surface area contributed by atoms with Gasteiger partial charge < -0.3 is 4.57 Å². The first-order valence-electron chi connectivity index (χ1n) is 5.34. The average Bonchev–Trinajstić information content (AvgIpc) is 2.23. The summed E-state index contributed by atoms with van der Waals surface area (Å²) in [5.41, 5.74) is 0.813. The standard InChI is InChI=1S/C7H11N2OP.2C2H6/c1-6-7(11(2,3)10)4-8-5-9-6;2*1-2/h4-5H,1-3H3;2*1-2H3. The van der Waals surface area contributed by atoms with Crippen LogP contribution in [0.2, 0.25) is 0 Å². The van der Waals surface area contributed by atoms with Gasteiger partial charge in [0.2, 0.25) is 0 Å². The first kappa shape index (κ1) is 16.7. The van der Waals surface area contributed by atoms with Gasteiger partial charge in [0.15, 0.2) is 0 Å². The topological polar surface area (TPSA) is 42.9 Å². The summed E-state index contributed by atoms with van der Waals surface area (Å²) >= 11 is 0. The molecule has 0 radical (unpaired) electrons. The number of aromatic nitrogens is 2. The first-order chi connectivity index (χ1) is 7.02. The molecule has 1 rings (SSSR count). The largest absolute Gasteiger partial charge is 0.319 e. The van der Waals surface area contributed by atoms with Crippen molar-refractivity contribution < 1.29 is 4.57 Å². The summed E-state index contributed by atoms with van der Waals surface area (Å²) in [6.45, 7) is 13.3. The van der Waals surface area contributed by atoms with Crippen LogP contribution in [0.1, 0.15) is 33.4 Å². The minimum Gasteiger partial charge on any atom is -0.319 e. The highest BCUT2D eigenvalue weighted by atomic mass is 31.2. The van der Waals surface area contributed by atoms with E-state index in [1.54, 1.807) is 19.5 Å². The highest BCUT2D eigenvalue weighted by Crippen LogP contribution is 2.34. The fraction of sp³-hybridized carbons (Fsp3) is 0.636. The average molecular weight is 230 g/mol. The molecule has 0 N–H and O–H groups in total. The van der Waals surface area contributed by atoms with Crippen LogP contribution >= 0.6 is 7.14 Å². The zero-order valence-electron chi connectivity index (χ0n) is 10.9. The van der Waals surface area contributed by atoms with Crippen LogP contribution in [0.15, 0.2) is 12.5 Å². The minimum absolute atomic E-state index is 0.778. The maximum atomic E-state index is 11.6. The maximum Gasteiger partial charge on any atom is 0.115 e. The third kappa shape index (κ3) is 6.40. The van der Waals surface area contributed by atoms with Crippen LogP contribution in [-0.2, 0) is 4.57 Å². The highest BCUT2D eigenvalue weighted by Gasteiger charge is 2.13. The number of rotatable bonds is 1. The van der Waals surface area contributed by atoms with Crippen molar-refractivity contribution in [1.29, 1.82) is 0 Å². The predicted octanol–water partition coefficient (Wildman–Crippen LogP) is 3.09. The summed E-state index contributed by atoms with van der Waals surface area (Å²) in [6.07, 6.45) is 3.09. The number of nitrogens with zero attached hydrogens (tertiary/aromatic N) is 2. The maximum absolute atomic E-state index is 11.6. The molecule has 0 aromatic carbocycles. The zero-order chi connectivity index (χ0) is 12.5. The Bertz CT molecular complexity index is 307. The smallest absolute Gasteiger partial charge is 0.115 e. The van der Waals surface area contributed by atoms with Crippen LogP contribution in [0.4, 0.5) is 0 Å². The predicted molar refractivity (Wildman–Crippen MR) is 68.6 cm³/mol. The second kappa shape index (κ2) is 8.60. The van der Waals surface area contributed by atoms with E-state index in [-0.39, 0.29) is 0 Å². The van der Waals surface area contributed by atoms with E-state index in [4.69, 9.17) is 0 Å². The van der Waals surface area contributed by atoms with Gasteiger partial charge in [-0.05, 0) is 20.3 Å². The van der Waals surface area contributed by atoms with E-state index in [1.165, 1.54) is 6.33 Å². The van der Waals surface area contributed by atoms with Crippen LogP contribution in [0.25, 0.3) is 0 Å². The van der Waals surface area contributed by atoms with E-state index in [9.17, 15) is 4.57 Å². The Hall–Kier alpha value is -0.690. The first-order valence-corrected chi connectivity index (χ1v) is 7.94. The van der Waals surface area contributed by atoms with Crippen molar-refractivity contribution in [3.05, 3.63) is 18.2 Å². The molecule has 1 aromatic heterocycles. The van der Waals surface area contributed by atoms with Gasteiger partial charge in [0, 0.05) is 6.20 Å². The Morgan fingerprint density at radius 3 is 1.87 bits per heavy atom. The monoisotopic (exact) mass is 230 g/mol. The number of aryl methyl sites for hydroxylation is 1. The summed E-state index contributed by atoms with van der Waals surface area (Å²) in [5, 5.41) is 0.778. The molecule has 3 nitrogen and oxygen atoms in total. The summed E-state index contributed by atoms with van der Waals surface area (Å²) in [6, 6.07) is 0. The summed E-state index contributed by atoms with van der Waals surface area (Å²) < 4.78 is 11.6. The highest BCUT2D eigenvalue weighted by molar-refractivity contribution is 7.70. The third-order valence-electron chi connectivity index (χ3n) is 1.47. The Labute approximate surface area is 93.7 Å². The molecule has 1 aromatic rings. The molecule has 15 heavy (non-hydrogen) atoms. The zero-order valence-corrected chi connectivity index (χ0v) is 11.8. The van der Waals surface area contributed by atoms with Crippen LogP contribution in [0.3, 0.4) is 0 Å². The second-order valence-corrected chi connectivity index (χ2v) is 6.03. The molecule has 0 saturated carbocycles. The van der Waals surface area contributed by atoms with Crippen molar-refractivity contribution in [2.75, 3.05) is 13.3 Å². The fourth-order valence-electron chi connectivity index (χ4n) is 0.912. The molecule has 0 aliphatic carbocycles. The van der Waals surface area contributed by atoms with E-state index in [0.29, 0.717) is 0 Å². The van der Waals surface area contributed by atoms with Gasteiger partial charge in [-0.15, -0.1) is 0 Å². The molecule has 0 unspecified atom stereocenters. The molecule has 0 atom stereocenters. The molecule has 0 saturated heterocycles. The fourth-order valence-corrected chi connectivity index (χ4v) is 2.09. The molecule has 0 spiro atoms. The van der Waals surface area contributed by atoms with E-state index >= 15 is 0 Å². The second-order valence-electron chi connectivity index (χ2n) is 2.84. The lowest BCUT2D eigenvalue weighted by Crippen LogP contribution is -2.09. The van der Waals surface area contributed by atoms with E-state index in [0.717, 1.165) is 11.0 Å². The molecule has 1 heterocycles. The van der Waals surface area contributed by atoms with Crippen molar-refractivity contribution in [3.63, 3.8) is 0 Å². The Morgan fingerprint density at radius 2 is 1.60 bits per heavy atom. The molecule has 0 aliphatic heterocycles. The quantitative estimate of drug-likeness (QED) is 0.696. The van der Waals surface area contributed by atoms with Crippen LogP contribution in [0, 0.1) is 6.92 Å². The van der Waals surface area contributed by atoms with Gasteiger partial charge in [0.1, 0.15) is 13.5 Å². The lowest BCUT2D eigenvalue weighted by Gasteiger charge is -2.07. The number of hydrogen-bond acceptors (Lipinski definition) is 3. The molecule has 0 fully saturated rings. The van der Waals surface area contributed by atoms with Gasteiger partial charge in [-0.1, -0.05) is 27.7 Å². The van der Waals surface area contributed by atoms with Gasteiger partial charge in [-0.3, -0.25) is 0 Å².